The zero-order chi connectivity index (χ0) is 12.8. The molecule has 1 saturated heterocycles. The van der Waals surface area contributed by atoms with Crippen LogP contribution in [-0.2, 0) is 0 Å². The first kappa shape index (κ1) is 11.4. The molecule has 3 aliphatic rings. The van der Waals surface area contributed by atoms with E-state index in [2.05, 4.69) is 20.1 Å². The van der Waals surface area contributed by atoms with Crippen molar-refractivity contribution in [2.75, 3.05) is 26.2 Å². The number of carbonyl (C=O) groups excluding carboxylic acids is 1. The topological polar surface area (TPSA) is 65.1 Å². The lowest BCUT2D eigenvalue weighted by Gasteiger charge is -2.34. The normalized spacial score (nSPS) is 24.7. The van der Waals surface area contributed by atoms with E-state index in [4.69, 9.17) is 0 Å². The Balaban J connectivity index is 1.39. The number of hydrogen-bond donors (Lipinski definition) is 1. The molecule has 1 N–H and O–H groups in total. The van der Waals surface area contributed by atoms with Crippen LogP contribution in [0.25, 0.3) is 0 Å². The van der Waals surface area contributed by atoms with Gasteiger partial charge >= 0.3 is 0 Å². The van der Waals surface area contributed by atoms with Crippen LogP contribution < -0.4 is 0 Å². The number of aromatic amines is 1. The van der Waals surface area contributed by atoms with Gasteiger partial charge in [-0.15, -0.1) is 5.10 Å². The van der Waals surface area contributed by atoms with Gasteiger partial charge < -0.3 is 4.90 Å². The summed E-state index contributed by atoms with van der Waals surface area (Å²) in [4.78, 5) is 21.0. The summed E-state index contributed by atoms with van der Waals surface area (Å²) in [6, 6.07) is 0.794. The Hall–Kier alpha value is -1.43. The van der Waals surface area contributed by atoms with Crippen molar-refractivity contribution in [2.45, 2.75) is 37.6 Å². The number of rotatable bonds is 3. The highest BCUT2D eigenvalue weighted by Crippen LogP contribution is 2.37. The molecule has 0 spiro atoms. The molecule has 4 rings (SSSR count). The molecule has 3 fully saturated rings. The fraction of sp³-hybridized carbons (Fsp3) is 0.769. The van der Waals surface area contributed by atoms with Crippen molar-refractivity contribution >= 4 is 5.91 Å². The number of carbonyl (C=O) groups is 1. The van der Waals surface area contributed by atoms with E-state index in [1.807, 2.05) is 4.90 Å². The van der Waals surface area contributed by atoms with Crippen LogP contribution >= 0.6 is 0 Å². The molecule has 102 valence electrons. The molecule has 0 atom stereocenters. The van der Waals surface area contributed by atoms with Gasteiger partial charge in [-0.25, -0.2) is 4.98 Å². The van der Waals surface area contributed by atoms with E-state index in [-0.39, 0.29) is 5.91 Å². The first-order valence-electron chi connectivity index (χ1n) is 7.27. The summed E-state index contributed by atoms with van der Waals surface area (Å²) in [5, 5.41) is 6.98. The van der Waals surface area contributed by atoms with E-state index in [9.17, 15) is 4.79 Å². The Morgan fingerprint density at radius 2 is 1.84 bits per heavy atom. The summed E-state index contributed by atoms with van der Waals surface area (Å²) in [5.41, 5.74) is 0. The molecular formula is C13H19N5O. The second kappa shape index (κ2) is 4.30. The summed E-state index contributed by atoms with van der Waals surface area (Å²) in [6.07, 6.45) is 5.00. The van der Waals surface area contributed by atoms with E-state index >= 15 is 0 Å². The predicted molar refractivity (Wildman–Crippen MR) is 68.9 cm³/mol. The van der Waals surface area contributed by atoms with Crippen LogP contribution in [0.1, 0.15) is 48.0 Å². The minimum Gasteiger partial charge on any atom is -0.333 e. The van der Waals surface area contributed by atoms with Crippen molar-refractivity contribution in [3.63, 3.8) is 0 Å². The van der Waals surface area contributed by atoms with Gasteiger partial charge in [0, 0.05) is 38.1 Å². The average molecular weight is 261 g/mol. The molecule has 0 radical (unpaired) electrons. The van der Waals surface area contributed by atoms with Crippen molar-refractivity contribution in [1.29, 1.82) is 0 Å². The van der Waals surface area contributed by atoms with Gasteiger partial charge in [0.2, 0.25) is 5.82 Å². The van der Waals surface area contributed by atoms with Gasteiger partial charge in [0.25, 0.3) is 5.91 Å². The van der Waals surface area contributed by atoms with Crippen molar-refractivity contribution in [3.05, 3.63) is 11.6 Å². The summed E-state index contributed by atoms with van der Waals surface area (Å²) in [5.74, 6) is 1.74. The number of amides is 1. The minimum absolute atomic E-state index is 0.0152. The number of aromatic nitrogens is 3. The van der Waals surface area contributed by atoms with Crippen molar-refractivity contribution < 1.29 is 4.79 Å². The van der Waals surface area contributed by atoms with Gasteiger partial charge in [0.15, 0.2) is 0 Å². The van der Waals surface area contributed by atoms with Gasteiger partial charge in [0.1, 0.15) is 5.82 Å². The molecule has 2 aliphatic carbocycles. The fourth-order valence-corrected chi connectivity index (χ4v) is 2.78. The maximum atomic E-state index is 12.3. The Morgan fingerprint density at radius 3 is 2.47 bits per heavy atom. The molecule has 1 aliphatic heterocycles. The summed E-state index contributed by atoms with van der Waals surface area (Å²) in [6.45, 7) is 3.61. The monoisotopic (exact) mass is 261 g/mol. The van der Waals surface area contributed by atoms with Crippen LogP contribution in [0, 0.1) is 0 Å². The number of H-pyrrole nitrogens is 1. The van der Waals surface area contributed by atoms with Crippen molar-refractivity contribution in [3.8, 4) is 0 Å². The summed E-state index contributed by atoms with van der Waals surface area (Å²) in [7, 11) is 0. The second-order valence-electron chi connectivity index (χ2n) is 5.88. The van der Waals surface area contributed by atoms with Crippen LogP contribution in [-0.4, -0.2) is 63.1 Å². The van der Waals surface area contributed by atoms with Gasteiger partial charge in [-0.1, -0.05) is 0 Å². The maximum absolute atomic E-state index is 12.3. The van der Waals surface area contributed by atoms with Crippen LogP contribution in [0.2, 0.25) is 0 Å². The highest BCUT2D eigenvalue weighted by atomic mass is 16.2. The van der Waals surface area contributed by atoms with Crippen molar-refractivity contribution in [2.24, 2.45) is 0 Å². The van der Waals surface area contributed by atoms with Crippen LogP contribution in [0.5, 0.6) is 0 Å². The summed E-state index contributed by atoms with van der Waals surface area (Å²) < 4.78 is 0. The number of piperazine rings is 1. The predicted octanol–water partition coefficient (Wildman–Crippen LogP) is 0.602. The number of nitrogens with zero attached hydrogens (tertiary/aromatic N) is 4. The van der Waals surface area contributed by atoms with Gasteiger partial charge in [0.05, 0.1) is 0 Å². The third-order valence-electron chi connectivity index (χ3n) is 4.32. The Morgan fingerprint density at radius 1 is 1.11 bits per heavy atom. The molecule has 0 aromatic carbocycles. The smallest absolute Gasteiger partial charge is 0.293 e. The molecule has 1 amide bonds. The highest BCUT2D eigenvalue weighted by molar-refractivity contribution is 5.90. The Bertz CT molecular complexity index is 483. The molecule has 0 unspecified atom stereocenters. The molecule has 2 saturated carbocycles. The first-order valence-corrected chi connectivity index (χ1v) is 7.27. The van der Waals surface area contributed by atoms with Gasteiger partial charge in [-0.2, -0.15) is 0 Å². The third-order valence-corrected chi connectivity index (χ3v) is 4.32. The molecule has 6 heteroatoms. The Labute approximate surface area is 112 Å². The summed E-state index contributed by atoms with van der Waals surface area (Å²) >= 11 is 0. The van der Waals surface area contributed by atoms with E-state index in [0.717, 1.165) is 38.0 Å². The lowest BCUT2D eigenvalue weighted by Crippen LogP contribution is -2.49. The largest absolute Gasteiger partial charge is 0.333 e. The zero-order valence-corrected chi connectivity index (χ0v) is 11.0. The molecule has 19 heavy (non-hydrogen) atoms. The SMILES string of the molecule is O=C(c1n[nH]c(C2CC2)n1)N1CCN(C2CC2)CC1. The molecule has 1 aromatic heterocycles. The maximum Gasteiger partial charge on any atom is 0.293 e. The molecular weight excluding hydrogens is 242 g/mol. The standard InChI is InChI=1S/C13H19N5O/c19-13(12-14-11(15-16-12)9-1-2-9)18-7-5-17(6-8-18)10-3-4-10/h9-10H,1-8H2,(H,14,15,16). The second-order valence-corrected chi connectivity index (χ2v) is 5.88. The molecule has 1 aromatic rings. The van der Waals surface area contributed by atoms with E-state index < -0.39 is 0 Å². The molecule has 0 bridgehead atoms. The Kier molecular flexibility index (Phi) is 2.58. The first-order chi connectivity index (χ1) is 9.31. The van der Waals surface area contributed by atoms with Crippen LogP contribution in [0.15, 0.2) is 0 Å². The van der Waals surface area contributed by atoms with Crippen LogP contribution in [0.3, 0.4) is 0 Å². The van der Waals surface area contributed by atoms with Crippen LogP contribution in [0.4, 0.5) is 0 Å². The third kappa shape index (κ3) is 2.25. The number of nitrogens with one attached hydrogen (secondary N) is 1. The lowest BCUT2D eigenvalue weighted by molar-refractivity contribution is 0.0615. The minimum atomic E-state index is -0.0152. The lowest BCUT2D eigenvalue weighted by atomic mass is 10.3. The fourth-order valence-electron chi connectivity index (χ4n) is 2.78. The highest BCUT2D eigenvalue weighted by Gasteiger charge is 2.34. The quantitative estimate of drug-likeness (QED) is 0.865. The van der Waals surface area contributed by atoms with Gasteiger partial charge in [-0.3, -0.25) is 14.8 Å². The zero-order valence-electron chi connectivity index (χ0n) is 11.0. The van der Waals surface area contributed by atoms with E-state index in [0.29, 0.717) is 11.7 Å². The molecule has 2 heterocycles. The molecule has 6 nitrogen and oxygen atoms in total. The van der Waals surface area contributed by atoms with E-state index in [1.165, 1.54) is 25.7 Å². The average Bonchev–Trinajstić information content (AvgIpc) is 3.37. The van der Waals surface area contributed by atoms with E-state index in [1.54, 1.807) is 0 Å². The van der Waals surface area contributed by atoms with Gasteiger partial charge in [-0.05, 0) is 25.7 Å². The van der Waals surface area contributed by atoms with Crippen molar-refractivity contribution in [1.82, 2.24) is 25.0 Å². The number of hydrogen-bond acceptors (Lipinski definition) is 4.